The highest BCUT2D eigenvalue weighted by Crippen LogP contribution is 2.78. The van der Waals surface area contributed by atoms with Crippen LogP contribution in [0.3, 0.4) is 0 Å². The molecule has 0 aliphatic heterocycles. The van der Waals surface area contributed by atoms with Gasteiger partial charge >= 0.3 is 0 Å². The molecule has 41 heavy (non-hydrogen) atoms. The first-order valence-corrected chi connectivity index (χ1v) is 18.0. The van der Waals surface area contributed by atoms with Crippen molar-refractivity contribution in [3.8, 4) is 5.75 Å². The summed E-state index contributed by atoms with van der Waals surface area (Å²) in [5.41, 5.74) is 0. The summed E-state index contributed by atoms with van der Waals surface area (Å²) in [4.78, 5) is -2.45. The number of phenols is 1. The predicted molar refractivity (Wildman–Crippen MR) is 187 cm³/mol. The summed E-state index contributed by atoms with van der Waals surface area (Å²) in [5, 5.41) is 6.51. The van der Waals surface area contributed by atoms with Crippen molar-refractivity contribution in [3.63, 3.8) is 0 Å². The Kier molecular flexibility index (Phi) is 13.7. The third-order valence-electron chi connectivity index (χ3n) is 6.91. The molecule has 1 aromatic rings. The first kappa shape index (κ1) is 39.2. The highest BCUT2D eigenvalue weighted by molar-refractivity contribution is 6.66. The first-order chi connectivity index (χ1) is 18.6. The highest BCUT2D eigenvalue weighted by atomic mass is 35.5. The molecule has 2 saturated carbocycles. The lowest BCUT2D eigenvalue weighted by molar-refractivity contribution is 0.420. The third kappa shape index (κ3) is 6.21. The van der Waals surface area contributed by atoms with Gasteiger partial charge in [-0.1, -0.05) is 117 Å². The van der Waals surface area contributed by atoms with Crippen LogP contribution in [0, 0.1) is 11.8 Å². The van der Waals surface area contributed by atoms with Gasteiger partial charge in [-0.25, -0.2) is 0 Å². The zero-order valence-corrected chi connectivity index (χ0v) is 32.7. The summed E-state index contributed by atoms with van der Waals surface area (Å²) >= 11 is 108. The lowest BCUT2D eigenvalue weighted by Gasteiger charge is -2.37. The van der Waals surface area contributed by atoms with Gasteiger partial charge in [0.15, 0.2) is 10.1 Å². The summed E-state index contributed by atoms with van der Waals surface area (Å²) in [6, 6.07) is 0. The Bertz CT molecular complexity index is 1090. The van der Waals surface area contributed by atoms with Gasteiger partial charge < -0.3 is 5.11 Å². The standard InChI is InChI=1S/C10H5Cl7.C6H6Cl6.C6HCl5O/c11-4-2-1-3-5(4)9(15)7(13)6(12)8(3,14)10(9,16)17;2*7-1-2(8)4(10)6(12)5(11)3(1)9/h1-5H;1-6H;12H/t;1-,2-,3-,4+,5+,6+;. The second kappa shape index (κ2) is 14.3. The molecular formula is C22H12Cl18O. The van der Waals surface area contributed by atoms with Gasteiger partial charge in [0, 0.05) is 11.8 Å². The number of aromatic hydroxyl groups is 1. The molecule has 5 unspecified atom stereocenters. The van der Waals surface area contributed by atoms with Gasteiger partial charge in [-0.3, -0.25) is 0 Å². The number of halogens is 18. The van der Waals surface area contributed by atoms with Crippen LogP contribution in [0.2, 0.25) is 25.1 Å². The molecule has 2 bridgehead atoms. The van der Waals surface area contributed by atoms with E-state index in [4.69, 9.17) is 209 Å². The van der Waals surface area contributed by atoms with Crippen molar-refractivity contribution in [2.24, 2.45) is 11.8 Å². The molecule has 2 fully saturated rings. The lowest BCUT2D eigenvalue weighted by atomic mass is 9.84. The average molecular weight is 930 g/mol. The number of benzene rings is 1. The number of rotatable bonds is 0. The summed E-state index contributed by atoms with van der Waals surface area (Å²) in [7, 11) is 0. The van der Waals surface area contributed by atoms with Gasteiger partial charge in [0.05, 0.1) is 62.8 Å². The Labute approximate surface area is 326 Å². The highest BCUT2D eigenvalue weighted by Gasteiger charge is 2.83. The van der Waals surface area contributed by atoms with Gasteiger partial charge in [-0.05, 0) is 0 Å². The zero-order chi connectivity index (χ0) is 31.7. The summed E-state index contributed by atoms with van der Waals surface area (Å²) in [6.07, 6.45) is 3.69. The molecule has 0 amide bonds. The van der Waals surface area contributed by atoms with Crippen LogP contribution in [-0.2, 0) is 0 Å². The molecule has 0 spiro atoms. The monoisotopic (exact) mass is 922 g/mol. The van der Waals surface area contributed by atoms with E-state index in [1.807, 2.05) is 12.2 Å². The zero-order valence-electron chi connectivity index (χ0n) is 19.1. The molecule has 1 N–H and O–H groups in total. The van der Waals surface area contributed by atoms with Gasteiger partial charge in [0.25, 0.3) is 0 Å². The fourth-order valence-electron chi connectivity index (χ4n) is 4.73. The van der Waals surface area contributed by atoms with Crippen molar-refractivity contribution in [1.82, 2.24) is 0 Å². The fourth-order valence-corrected chi connectivity index (χ4v) is 11.7. The van der Waals surface area contributed by atoms with Crippen LogP contribution in [0.5, 0.6) is 5.75 Å². The van der Waals surface area contributed by atoms with Gasteiger partial charge in [-0.15, -0.1) is 104 Å². The fraction of sp³-hybridized carbons (Fsp3) is 0.545. The van der Waals surface area contributed by atoms with E-state index in [1.54, 1.807) is 0 Å². The lowest BCUT2D eigenvalue weighted by Crippen LogP contribution is -2.52. The minimum Gasteiger partial charge on any atom is -0.505 e. The molecule has 4 aliphatic rings. The van der Waals surface area contributed by atoms with E-state index in [0.717, 1.165) is 0 Å². The van der Waals surface area contributed by atoms with Crippen LogP contribution in [-0.4, -0.2) is 56.8 Å². The number of fused-ring (bicyclic) bond motifs is 5. The quantitative estimate of drug-likeness (QED) is 0.119. The smallest absolute Gasteiger partial charge is 0.167 e. The van der Waals surface area contributed by atoms with E-state index in [0.29, 0.717) is 0 Å². The van der Waals surface area contributed by atoms with Crippen molar-refractivity contribution in [2.75, 3.05) is 0 Å². The summed E-state index contributed by atoms with van der Waals surface area (Å²) < 4.78 is -1.48. The molecular weight excluding hydrogens is 918 g/mol. The molecule has 0 saturated heterocycles. The van der Waals surface area contributed by atoms with Crippen molar-refractivity contribution >= 4 is 209 Å². The number of hydrogen-bond acceptors (Lipinski definition) is 1. The molecule has 4 aliphatic carbocycles. The second-order valence-corrected chi connectivity index (χ2v) is 17.8. The largest absolute Gasteiger partial charge is 0.505 e. The van der Waals surface area contributed by atoms with Crippen molar-refractivity contribution < 1.29 is 5.11 Å². The average Bonchev–Trinajstić information content (AvgIpc) is 3.43. The van der Waals surface area contributed by atoms with Gasteiger partial charge in [0.2, 0.25) is 0 Å². The van der Waals surface area contributed by atoms with Crippen LogP contribution in [0.15, 0.2) is 22.2 Å². The van der Waals surface area contributed by atoms with Crippen LogP contribution < -0.4 is 0 Å². The summed E-state index contributed by atoms with van der Waals surface area (Å²) in [5.74, 6) is -0.833. The topological polar surface area (TPSA) is 20.2 Å². The molecule has 19 heteroatoms. The minimum absolute atomic E-state index is 0.00904. The second-order valence-electron chi connectivity index (χ2n) is 9.09. The molecule has 5 atom stereocenters. The number of hydrogen-bond donors (Lipinski definition) is 1. The summed E-state index contributed by atoms with van der Waals surface area (Å²) in [6.45, 7) is 0. The van der Waals surface area contributed by atoms with Crippen LogP contribution in [0.4, 0.5) is 0 Å². The van der Waals surface area contributed by atoms with E-state index < -0.39 is 46.3 Å². The van der Waals surface area contributed by atoms with E-state index in [1.165, 1.54) is 0 Å². The normalized spacial score (nSPS) is 42.0. The van der Waals surface area contributed by atoms with Crippen LogP contribution in [0.25, 0.3) is 0 Å². The number of allylic oxidation sites excluding steroid dienone is 4. The molecule has 0 aromatic heterocycles. The Morgan fingerprint density at radius 1 is 0.488 bits per heavy atom. The van der Waals surface area contributed by atoms with E-state index in [2.05, 4.69) is 0 Å². The third-order valence-corrected chi connectivity index (χ3v) is 17.9. The maximum Gasteiger partial charge on any atom is 0.167 e. The van der Waals surface area contributed by atoms with E-state index in [-0.39, 0.29) is 58.1 Å². The Balaban J connectivity index is 0.000000174. The Morgan fingerprint density at radius 3 is 1.17 bits per heavy atom. The molecule has 232 valence electrons. The SMILES string of the molecule is ClC1=C(Cl)C2(Cl)C3C(Cl)C=CC3C1(Cl)C2(Cl)Cl.Cl[C@H]1[C@H](Cl)[C@@H](Cl)[C@@H](Cl)[C@H](Cl)[C@H]1Cl.Oc1c(Cl)c(Cl)c(Cl)c(Cl)c1Cl. The maximum absolute atomic E-state index is 9.20. The number of phenolic OH excluding ortho intramolecular Hbond substituents is 1. The van der Waals surface area contributed by atoms with E-state index in [9.17, 15) is 5.11 Å². The van der Waals surface area contributed by atoms with Crippen molar-refractivity contribution in [1.29, 1.82) is 0 Å². The van der Waals surface area contributed by atoms with Gasteiger partial charge in [0.1, 0.15) is 19.8 Å². The van der Waals surface area contributed by atoms with E-state index >= 15 is 0 Å². The van der Waals surface area contributed by atoms with Crippen LogP contribution >= 0.6 is 209 Å². The van der Waals surface area contributed by atoms with Gasteiger partial charge in [-0.2, -0.15) is 0 Å². The first-order valence-electron chi connectivity index (χ1n) is 10.8. The maximum atomic E-state index is 9.20. The molecule has 0 radical (unpaired) electrons. The van der Waals surface area contributed by atoms with Crippen LogP contribution in [0.1, 0.15) is 0 Å². The predicted octanol–water partition coefficient (Wildman–Crippen LogP) is 13.5. The van der Waals surface area contributed by atoms with Crippen molar-refractivity contribution in [2.45, 2.75) is 51.7 Å². The molecule has 0 heterocycles. The number of alkyl halides is 11. The Morgan fingerprint density at radius 2 is 0.805 bits per heavy atom. The molecule has 1 aromatic carbocycles. The minimum atomic E-state index is -1.48. The molecule has 1 nitrogen and oxygen atoms in total. The Hall–Kier alpha value is 3.72. The van der Waals surface area contributed by atoms with Crippen molar-refractivity contribution in [3.05, 3.63) is 47.3 Å². The molecule has 5 rings (SSSR count).